The molecule has 13 heteroatoms. The van der Waals surface area contributed by atoms with Crippen molar-refractivity contribution < 1.29 is 33.5 Å². The quantitative estimate of drug-likeness (QED) is 0.165. The number of carbonyl (C=O) groups is 5. The molecule has 11 nitrogen and oxygen atoms in total. The Labute approximate surface area is 261 Å². The van der Waals surface area contributed by atoms with Crippen molar-refractivity contribution in [2.24, 2.45) is 0 Å². The second kappa shape index (κ2) is 13.2. The number of carbonyl (C=O) groups excluding carboxylic acids is 4. The van der Waals surface area contributed by atoms with Crippen molar-refractivity contribution in [3.63, 3.8) is 0 Å². The van der Waals surface area contributed by atoms with E-state index >= 15 is 0 Å². The van der Waals surface area contributed by atoms with Crippen molar-refractivity contribution in [2.75, 3.05) is 17.2 Å². The molecule has 0 radical (unpaired) electrons. The van der Waals surface area contributed by atoms with Gasteiger partial charge in [0, 0.05) is 57.8 Å². The third kappa shape index (κ3) is 7.47. The van der Waals surface area contributed by atoms with Gasteiger partial charge >= 0.3 is 6.09 Å². The Morgan fingerprint density at radius 1 is 1.00 bits per heavy atom. The zero-order chi connectivity index (χ0) is 32.2. The van der Waals surface area contributed by atoms with Crippen LogP contribution in [0.25, 0.3) is 10.9 Å². The van der Waals surface area contributed by atoms with Crippen molar-refractivity contribution >= 4 is 63.5 Å². The second-order valence-corrected chi connectivity index (χ2v) is 11.1. The van der Waals surface area contributed by atoms with Crippen molar-refractivity contribution in [1.82, 2.24) is 14.8 Å². The predicted molar refractivity (Wildman–Crippen MR) is 166 cm³/mol. The minimum absolute atomic E-state index is 0.0461. The number of anilines is 2. The summed E-state index contributed by atoms with van der Waals surface area (Å²) in [5, 5.41) is 17.0. The molecule has 232 valence electrons. The summed E-state index contributed by atoms with van der Waals surface area (Å²) in [6.07, 6.45) is 1.83. The minimum Gasteiger partial charge on any atom is -0.465 e. The van der Waals surface area contributed by atoms with Crippen LogP contribution >= 0.6 is 11.6 Å². The van der Waals surface area contributed by atoms with Crippen molar-refractivity contribution in [2.45, 2.75) is 38.9 Å². The normalized spacial score (nSPS) is 12.4. The molecule has 5 rings (SSSR count). The van der Waals surface area contributed by atoms with Crippen LogP contribution in [-0.2, 0) is 22.7 Å². The van der Waals surface area contributed by atoms with Gasteiger partial charge in [-0.1, -0.05) is 29.8 Å². The molecule has 0 spiro atoms. The molecule has 45 heavy (non-hydrogen) atoms. The van der Waals surface area contributed by atoms with Crippen LogP contribution in [0.2, 0.25) is 5.02 Å². The Kier molecular flexibility index (Phi) is 9.14. The lowest BCUT2D eigenvalue weighted by Gasteiger charge is -2.22. The lowest BCUT2D eigenvalue weighted by Crippen LogP contribution is -2.43. The average molecular weight is 634 g/mol. The van der Waals surface area contributed by atoms with Gasteiger partial charge in [-0.2, -0.15) is 0 Å². The molecular formula is C32H29ClFN5O6. The maximum absolute atomic E-state index is 14.2. The van der Waals surface area contributed by atoms with Crippen molar-refractivity contribution in [3.8, 4) is 0 Å². The molecule has 0 atom stereocenters. The molecule has 0 saturated heterocycles. The molecule has 1 saturated carbocycles. The number of rotatable bonds is 11. The van der Waals surface area contributed by atoms with E-state index in [2.05, 4.69) is 16.0 Å². The molecule has 1 heterocycles. The summed E-state index contributed by atoms with van der Waals surface area (Å²) in [5.41, 5.74) is 2.01. The molecule has 4 aromatic rings. The average Bonchev–Trinajstić information content (AvgIpc) is 3.77. The molecule has 4 N–H and O–H groups in total. The number of nitrogens with one attached hydrogen (secondary N) is 3. The van der Waals surface area contributed by atoms with E-state index in [4.69, 9.17) is 16.7 Å². The van der Waals surface area contributed by atoms with E-state index in [1.54, 1.807) is 41.1 Å². The Bertz CT molecular complexity index is 1840. The number of carboxylic acid groups (broad SMARTS) is 1. The number of benzene rings is 3. The number of ketones is 1. The number of aromatic nitrogens is 1. The predicted octanol–water partition coefficient (Wildman–Crippen LogP) is 5.29. The fourth-order valence-electron chi connectivity index (χ4n) is 4.98. The summed E-state index contributed by atoms with van der Waals surface area (Å²) in [7, 11) is 0. The summed E-state index contributed by atoms with van der Waals surface area (Å²) in [4.78, 5) is 64.0. The zero-order valence-corrected chi connectivity index (χ0v) is 24.9. The van der Waals surface area contributed by atoms with Gasteiger partial charge in [0.15, 0.2) is 5.78 Å². The van der Waals surface area contributed by atoms with Gasteiger partial charge in [0.2, 0.25) is 11.8 Å². The molecule has 1 fully saturated rings. The zero-order valence-electron chi connectivity index (χ0n) is 24.1. The van der Waals surface area contributed by atoms with Gasteiger partial charge in [0.1, 0.15) is 12.4 Å². The topological polar surface area (TPSA) is 150 Å². The van der Waals surface area contributed by atoms with E-state index in [1.807, 2.05) is 0 Å². The number of nitrogens with zero attached hydrogens (tertiary/aromatic N) is 2. The van der Waals surface area contributed by atoms with Crippen LogP contribution in [0.1, 0.15) is 46.0 Å². The molecule has 0 unspecified atom stereocenters. The van der Waals surface area contributed by atoms with Crippen LogP contribution in [0.15, 0.2) is 66.9 Å². The summed E-state index contributed by atoms with van der Waals surface area (Å²) in [5.74, 6) is -2.10. The first-order valence-electron chi connectivity index (χ1n) is 14.0. The highest BCUT2D eigenvalue weighted by molar-refractivity contribution is 6.30. The van der Waals surface area contributed by atoms with Gasteiger partial charge in [-0.15, -0.1) is 0 Å². The summed E-state index contributed by atoms with van der Waals surface area (Å²) in [6.45, 7) is 0.984. The second-order valence-electron chi connectivity index (χ2n) is 10.7. The van der Waals surface area contributed by atoms with Gasteiger partial charge in [0.05, 0.1) is 11.6 Å². The fraction of sp³-hybridized carbons (Fsp3) is 0.219. The Morgan fingerprint density at radius 3 is 2.44 bits per heavy atom. The number of hydrogen-bond acceptors (Lipinski definition) is 5. The van der Waals surface area contributed by atoms with E-state index in [9.17, 15) is 28.4 Å². The molecule has 1 aliphatic carbocycles. The number of hydrogen-bond donors (Lipinski definition) is 4. The molecule has 4 amide bonds. The third-order valence-electron chi connectivity index (χ3n) is 7.33. The van der Waals surface area contributed by atoms with Gasteiger partial charge < -0.3 is 25.2 Å². The first kappa shape index (κ1) is 31.2. The largest absolute Gasteiger partial charge is 0.465 e. The van der Waals surface area contributed by atoms with E-state index in [0.29, 0.717) is 22.2 Å². The van der Waals surface area contributed by atoms with Gasteiger partial charge in [-0.25, -0.2) is 9.18 Å². The van der Waals surface area contributed by atoms with Gasteiger partial charge in [0.25, 0.3) is 5.91 Å². The SMILES string of the molecule is CC(=O)c1cn(CC(=O)N(CC(=O)NCc2cccc(Cl)c2F)C2CC2)c2ccc(NC(=O)c3cccc(NC(=O)O)c3)cc12. The Morgan fingerprint density at radius 2 is 1.73 bits per heavy atom. The highest BCUT2D eigenvalue weighted by Gasteiger charge is 2.34. The van der Waals surface area contributed by atoms with E-state index in [0.717, 1.165) is 12.8 Å². The van der Waals surface area contributed by atoms with Gasteiger partial charge in [-0.05, 0) is 62.2 Å². The molecule has 0 bridgehead atoms. The monoisotopic (exact) mass is 633 g/mol. The van der Waals surface area contributed by atoms with Crippen molar-refractivity contribution in [1.29, 1.82) is 0 Å². The number of Topliss-reactive ketones (excluding diaryl/α,β-unsaturated/α-hetero) is 1. The number of amides is 4. The van der Waals surface area contributed by atoms with Crippen LogP contribution in [-0.4, -0.2) is 56.8 Å². The highest BCUT2D eigenvalue weighted by atomic mass is 35.5. The van der Waals surface area contributed by atoms with E-state index < -0.39 is 23.7 Å². The summed E-state index contributed by atoms with van der Waals surface area (Å²) < 4.78 is 15.8. The summed E-state index contributed by atoms with van der Waals surface area (Å²) in [6, 6.07) is 15.4. The minimum atomic E-state index is -1.26. The standard InChI is InChI=1S/C32H29ClFN5O6/c1-18(40)25-15-38(17-29(42)39(23-9-10-23)16-28(41)35-14-20-5-3-7-26(33)30(20)34)27-11-8-22(13-24(25)27)36-31(43)19-4-2-6-21(12-19)37-32(44)45/h2-8,11-13,15,23,37H,9-10,14,16-17H2,1H3,(H,35,41)(H,36,43)(H,44,45). The molecule has 1 aliphatic rings. The fourth-order valence-corrected chi connectivity index (χ4v) is 5.18. The maximum Gasteiger partial charge on any atom is 0.409 e. The first-order valence-corrected chi connectivity index (χ1v) is 14.4. The summed E-state index contributed by atoms with van der Waals surface area (Å²) >= 11 is 5.82. The Balaban J connectivity index is 1.30. The van der Waals surface area contributed by atoms with Crippen LogP contribution in [0.5, 0.6) is 0 Å². The van der Waals surface area contributed by atoms with Crippen LogP contribution in [0, 0.1) is 5.82 Å². The molecular weight excluding hydrogens is 605 g/mol. The lowest BCUT2D eigenvalue weighted by atomic mass is 10.1. The van der Waals surface area contributed by atoms with Gasteiger partial charge in [-0.3, -0.25) is 24.5 Å². The highest BCUT2D eigenvalue weighted by Crippen LogP contribution is 2.29. The van der Waals surface area contributed by atoms with Crippen LogP contribution in [0.3, 0.4) is 0 Å². The number of fused-ring (bicyclic) bond motifs is 1. The maximum atomic E-state index is 14.2. The first-order chi connectivity index (χ1) is 21.5. The van der Waals surface area contributed by atoms with Crippen LogP contribution in [0.4, 0.5) is 20.6 Å². The molecule has 3 aromatic carbocycles. The van der Waals surface area contributed by atoms with Crippen molar-refractivity contribution in [3.05, 3.63) is 94.4 Å². The van der Waals surface area contributed by atoms with E-state index in [-0.39, 0.29) is 59.2 Å². The third-order valence-corrected chi connectivity index (χ3v) is 7.62. The molecule has 0 aliphatic heterocycles. The smallest absolute Gasteiger partial charge is 0.409 e. The number of halogens is 2. The molecule has 1 aromatic heterocycles. The van der Waals surface area contributed by atoms with Crippen LogP contribution < -0.4 is 16.0 Å². The lowest BCUT2D eigenvalue weighted by molar-refractivity contribution is -0.137. The van der Waals surface area contributed by atoms with E-state index in [1.165, 1.54) is 42.2 Å². The Hall–Kier alpha value is -5.23.